The van der Waals surface area contributed by atoms with E-state index >= 15 is 0 Å². The Bertz CT molecular complexity index is 316. The summed E-state index contributed by atoms with van der Waals surface area (Å²) in [6, 6.07) is 0.548. The smallest absolute Gasteiger partial charge is 0.317 e. The first kappa shape index (κ1) is 13.2. The molecule has 4 rings (SSSR count). The zero-order valence-corrected chi connectivity index (χ0v) is 12.0. The normalized spacial score (nSPS) is 39.4. The van der Waals surface area contributed by atoms with Crippen LogP contribution in [0.5, 0.6) is 0 Å². The molecule has 4 aliphatic rings. The minimum Gasteiger partial charge on any atom is -0.335 e. The second-order valence-electron chi connectivity index (χ2n) is 6.97. The van der Waals surface area contributed by atoms with Crippen molar-refractivity contribution in [2.75, 3.05) is 20.1 Å². The van der Waals surface area contributed by atoms with Crippen molar-refractivity contribution in [3.05, 3.63) is 0 Å². The molecule has 3 N–H and O–H groups in total. The molecule has 4 bridgehead atoms. The molecule has 0 saturated heterocycles. The van der Waals surface area contributed by atoms with E-state index in [1.54, 1.807) is 4.90 Å². The molecule has 0 spiro atoms. The van der Waals surface area contributed by atoms with Gasteiger partial charge >= 0.3 is 6.03 Å². The van der Waals surface area contributed by atoms with Crippen LogP contribution in [-0.2, 0) is 0 Å². The molecule has 19 heavy (non-hydrogen) atoms. The number of carbonyl (C=O) groups is 1. The zero-order valence-electron chi connectivity index (χ0n) is 12.0. The Hall–Kier alpha value is -0.770. The molecule has 4 fully saturated rings. The van der Waals surface area contributed by atoms with Gasteiger partial charge in [0.25, 0.3) is 0 Å². The van der Waals surface area contributed by atoms with E-state index in [9.17, 15) is 4.79 Å². The summed E-state index contributed by atoms with van der Waals surface area (Å²) in [5.74, 6) is 3.43. The summed E-state index contributed by atoms with van der Waals surface area (Å²) < 4.78 is 0. The van der Waals surface area contributed by atoms with Crippen molar-refractivity contribution in [3.8, 4) is 0 Å². The van der Waals surface area contributed by atoms with Gasteiger partial charge < -0.3 is 16.0 Å². The summed E-state index contributed by atoms with van der Waals surface area (Å²) in [6.45, 7) is 1.41. The third kappa shape index (κ3) is 2.60. The van der Waals surface area contributed by atoms with Crippen LogP contribution < -0.4 is 11.1 Å². The first-order valence-corrected chi connectivity index (χ1v) is 7.89. The van der Waals surface area contributed by atoms with Crippen molar-refractivity contribution in [2.45, 2.75) is 44.6 Å². The van der Waals surface area contributed by atoms with Crippen LogP contribution in [0.4, 0.5) is 4.79 Å². The number of carbonyl (C=O) groups excluding carboxylic acids is 1. The standard InChI is InChI=1S/C15H27N3O/c1-18(4-2-3-16)15(19)17-14-12-6-10-5-11(8-12)9-13(14)7-10/h10-14H,2-9,16H2,1H3,(H,17,19). The van der Waals surface area contributed by atoms with E-state index in [-0.39, 0.29) is 6.03 Å². The van der Waals surface area contributed by atoms with E-state index in [2.05, 4.69) is 5.32 Å². The maximum atomic E-state index is 12.2. The van der Waals surface area contributed by atoms with E-state index in [1.807, 2.05) is 7.05 Å². The minimum absolute atomic E-state index is 0.103. The summed E-state index contributed by atoms with van der Waals surface area (Å²) in [5, 5.41) is 3.32. The van der Waals surface area contributed by atoms with Crippen molar-refractivity contribution in [1.29, 1.82) is 0 Å². The molecule has 0 heterocycles. The third-order valence-electron chi connectivity index (χ3n) is 5.56. The van der Waals surface area contributed by atoms with E-state index < -0.39 is 0 Å². The van der Waals surface area contributed by atoms with E-state index in [1.165, 1.54) is 32.1 Å². The lowest BCUT2D eigenvalue weighted by atomic mass is 9.54. The first-order chi connectivity index (χ1) is 9.17. The highest BCUT2D eigenvalue weighted by Gasteiger charge is 2.48. The molecule has 0 atom stereocenters. The molecule has 0 unspecified atom stereocenters. The Balaban J connectivity index is 1.56. The van der Waals surface area contributed by atoms with Gasteiger partial charge in [0, 0.05) is 19.6 Å². The number of nitrogens with zero attached hydrogens (tertiary/aromatic N) is 1. The SMILES string of the molecule is CN(CCCN)C(=O)NC1C2CC3CC(C2)CC1C3. The van der Waals surface area contributed by atoms with Gasteiger partial charge in [-0.3, -0.25) is 0 Å². The second-order valence-corrected chi connectivity index (χ2v) is 6.97. The van der Waals surface area contributed by atoms with Gasteiger partial charge in [-0.1, -0.05) is 0 Å². The fourth-order valence-electron chi connectivity index (χ4n) is 4.84. The van der Waals surface area contributed by atoms with Crippen LogP contribution in [0.2, 0.25) is 0 Å². The number of urea groups is 1. The molecule has 0 aromatic rings. The third-order valence-corrected chi connectivity index (χ3v) is 5.56. The Morgan fingerprint density at radius 1 is 1.16 bits per heavy atom. The predicted molar refractivity (Wildman–Crippen MR) is 75.7 cm³/mol. The molecule has 4 nitrogen and oxygen atoms in total. The lowest BCUT2D eigenvalue weighted by Gasteiger charge is -2.54. The molecule has 4 heteroatoms. The van der Waals surface area contributed by atoms with Crippen LogP contribution in [0.25, 0.3) is 0 Å². The molecule has 0 aliphatic heterocycles. The first-order valence-electron chi connectivity index (χ1n) is 7.89. The highest BCUT2D eigenvalue weighted by Crippen LogP contribution is 2.53. The second kappa shape index (κ2) is 5.31. The lowest BCUT2D eigenvalue weighted by Crippen LogP contribution is -2.57. The largest absolute Gasteiger partial charge is 0.335 e. The van der Waals surface area contributed by atoms with Gasteiger partial charge in [0.15, 0.2) is 0 Å². The van der Waals surface area contributed by atoms with Crippen molar-refractivity contribution in [1.82, 2.24) is 10.2 Å². The molecule has 0 radical (unpaired) electrons. The van der Waals surface area contributed by atoms with Gasteiger partial charge in [0.2, 0.25) is 0 Å². The van der Waals surface area contributed by atoms with Crippen molar-refractivity contribution < 1.29 is 4.79 Å². The molecular formula is C15H27N3O. The Morgan fingerprint density at radius 2 is 1.74 bits per heavy atom. The number of hydrogen-bond donors (Lipinski definition) is 2. The lowest BCUT2D eigenvalue weighted by molar-refractivity contribution is -0.0107. The van der Waals surface area contributed by atoms with Crippen molar-refractivity contribution in [3.63, 3.8) is 0 Å². The van der Waals surface area contributed by atoms with Gasteiger partial charge in [-0.05, 0) is 68.7 Å². The molecular weight excluding hydrogens is 238 g/mol. The van der Waals surface area contributed by atoms with Gasteiger partial charge in [0.05, 0.1) is 0 Å². The number of nitrogens with one attached hydrogen (secondary N) is 1. The summed E-state index contributed by atoms with van der Waals surface area (Å²) in [4.78, 5) is 14.0. The van der Waals surface area contributed by atoms with Crippen LogP contribution in [0.15, 0.2) is 0 Å². The van der Waals surface area contributed by atoms with Crippen molar-refractivity contribution >= 4 is 6.03 Å². The highest BCUT2D eigenvalue weighted by atomic mass is 16.2. The van der Waals surface area contributed by atoms with Crippen LogP contribution in [-0.4, -0.2) is 37.1 Å². The average Bonchev–Trinajstić information content (AvgIpc) is 2.39. The van der Waals surface area contributed by atoms with Crippen LogP contribution in [0.1, 0.15) is 38.5 Å². The maximum Gasteiger partial charge on any atom is 0.317 e. The van der Waals surface area contributed by atoms with Crippen LogP contribution in [0, 0.1) is 23.7 Å². The number of hydrogen-bond acceptors (Lipinski definition) is 2. The Kier molecular flexibility index (Phi) is 3.70. The fraction of sp³-hybridized carbons (Fsp3) is 0.933. The van der Waals surface area contributed by atoms with Gasteiger partial charge in [-0.15, -0.1) is 0 Å². The Labute approximate surface area is 116 Å². The summed E-state index contributed by atoms with van der Waals surface area (Å²) in [7, 11) is 1.88. The topological polar surface area (TPSA) is 58.4 Å². The van der Waals surface area contributed by atoms with Gasteiger partial charge in [-0.2, -0.15) is 0 Å². The molecule has 4 aliphatic carbocycles. The van der Waals surface area contributed by atoms with Crippen LogP contribution >= 0.6 is 0 Å². The number of nitrogens with two attached hydrogens (primary N) is 1. The maximum absolute atomic E-state index is 12.2. The van der Waals surface area contributed by atoms with Crippen LogP contribution in [0.3, 0.4) is 0 Å². The van der Waals surface area contributed by atoms with Crippen molar-refractivity contribution in [2.24, 2.45) is 29.4 Å². The van der Waals surface area contributed by atoms with Gasteiger partial charge in [0.1, 0.15) is 0 Å². The fourth-order valence-corrected chi connectivity index (χ4v) is 4.84. The quantitative estimate of drug-likeness (QED) is 0.814. The molecule has 2 amide bonds. The monoisotopic (exact) mass is 265 g/mol. The van der Waals surface area contributed by atoms with Gasteiger partial charge in [-0.25, -0.2) is 4.79 Å². The summed E-state index contributed by atoms with van der Waals surface area (Å²) >= 11 is 0. The Morgan fingerprint density at radius 3 is 2.26 bits per heavy atom. The zero-order chi connectivity index (χ0) is 13.4. The van der Waals surface area contributed by atoms with E-state index in [0.29, 0.717) is 12.6 Å². The average molecular weight is 265 g/mol. The highest BCUT2D eigenvalue weighted by molar-refractivity contribution is 5.74. The number of rotatable bonds is 4. The molecule has 0 aromatic carbocycles. The van der Waals surface area contributed by atoms with E-state index in [4.69, 9.17) is 5.73 Å². The van der Waals surface area contributed by atoms with E-state index in [0.717, 1.165) is 36.6 Å². The molecule has 108 valence electrons. The number of amides is 2. The summed E-state index contributed by atoms with van der Waals surface area (Å²) in [5.41, 5.74) is 5.50. The predicted octanol–water partition coefficient (Wildman–Crippen LogP) is 1.80. The minimum atomic E-state index is 0.103. The molecule has 4 saturated carbocycles. The summed E-state index contributed by atoms with van der Waals surface area (Å²) in [6.07, 6.45) is 7.75. The molecule has 0 aromatic heterocycles.